The highest BCUT2D eigenvalue weighted by atomic mass is 79.9. The zero-order valence-electron chi connectivity index (χ0n) is 11.5. The second kappa shape index (κ2) is 7.87. The Morgan fingerprint density at radius 1 is 1.24 bits per heavy atom. The molecule has 0 saturated heterocycles. The lowest BCUT2D eigenvalue weighted by atomic mass is 10.2. The van der Waals surface area contributed by atoms with Crippen LogP contribution in [0.15, 0.2) is 46.9 Å². The van der Waals surface area contributed by atoms with Gasteiger partial charge in [0.25, 0.3) is 0 Å². The molecule has 0 atom stereocenters. The molecule has 5 heteroatoms. The van der Waals surface area contributed by atoms with Gasteiger partial charge in [0.15, 0.2) is 0 Å². The van der Waals surface area contributed by atoms with Gasteiger partial charge in [0.2, 0.25) is 5.91 Å². The number of rotatable bonds is 5. The monoisotopic (exact) mass is 383 g/mol. The molecular weight excluding hydrogens is 370 g/mol. The summed E-state index contributed by atoms with van der Waals surface area (Å²) in [7, 11) is 0. The number of amides is 1. The third kappa shape index (κ3) is 5.38. The van der Waals surface area contributed by atoms with E-state index in [2.05, 4.69) is 33.4 Å². The molecule has 0 unspecified atom stereocenters. The Kier molecular flexibility index (Phi) is 6.15. The smallest absolute Gasteiger partial charge is 0.234 e. The van der Waals surface area contributed by atoms with E-state index in [9.17, 15) is 4.79 Å². The minimum Gasteiger partial charge on any atom is -0.325 e. The molecule has 0 aliphatic carbocycles. The van der Waals surface area contributed by atoms with Crippen LogP contribution in [0.2, 0.25) is 5.02 Å². The first-order chi connectivity index (χ1) is 10.0. The molecule has 0 spiro atoms. The molecule has 2 aromatic rings. The highest BCUT2D eigenvalue weighted by Gasteiger charge is 2.05. The van der Waals surface area contributed by atoms with Crippen molar-refractivity contribution >= 4 is 50.9 Å². The van der Waals surface area contributed by atoms with Gasteiger partial charge in [-0.2, -0.15) is 0 Å². The van der Waals surface area contributed by atoms with Crippen LogP contribution in [-0.4, -0.2) is 11.7 Å². The lowest BCUT2D eigenvalue weighted by Crippen LogP contribution is -2.14. The number of carbonyl (C=O) groups is 1. The summed E-state index contributed by atoms with van der Waals surface area (Å²) < 4.78 is 1.06. The number of anilines is 1. The normalized spacial score (nSPS) is 10.4. The molecule has 0 radical (unpaired) electrons. The van der Waals surface area contributed by atoms with Gasteiger partial charge in [0.1, 0.15) is 0 Å². The Morgan fingerprint density at radius 3 is 2.62 bits per heavy atom. The molecule has 21 heavy (non-hydrogen) atoms. The molecule has 0 bridgehead atoms. The Hall–Kier alpha value is -0.970. The van der Waals surface area contributed by atoms with Gasteiger partial charge in [-0.15, -0.1) is 11.8 Å². The molecule has 1 N–H and O–H groups in total. The SMILES string of the molecule is Cc1cc(Cl)ccc1NC(=O)CSCc1ccc(Br)cc1. The molecule has 0 fully saturated rings. The van der Waals surface area contributed by atoms with Crippen LogP contribution in [-0.2, 0) is 10.5 Å². The number of hydrogen-bond acceptors (Lipinski definition) is 2. The molecule has 2 aromatic carbocycles. The van der Waals surface area contributed by atoms with Crippen LogP contribution < -0.4 is 5.32 Å². The summed E-state index contributed by atoms with van der Waals surface area (Å²) in [5.74, 6) is 1.25. The van der Waals surface area contributed by atoms with E-state index in [0.717, 1.165) is 21.5 Å². The van der Waals surface area contributed by atoms with Crippen molar-refractivity contribution in [3.8, 4) is 0 Å². The van der Waals surface area contributed by atoms with E-state index in [1.54, 1.807) is 17.8 Å². The summed E-state index contributed by atoms with van der Waals surface area (Å²) in [6.07, 6.45) is 0. The standard InChI is InChI=1S/C16H15BrClNOS/c1-11-8-14(18)6-7-15(11)19-16(20)10-21-9-12-2-4-13(17)5-3-12/h2-8H,9-10H2,1H3,(H,19,20). The Balaban J connectivity index is 1.81. The average molecular weight is 385 g/mol. The molecule has 0 aromatic heterocycles. The van der Waals surface area contributed by atoms with Crippen LogP contribution in [0.25, 0.3) is 0 Å². The maximum Gasteiger partial charge on any atom is 0.234 e. The molecule has 0 aliphatic rings. The van der Waals surface area contributed by atoms with Gasteiger partial charge in [-0.1, -0.05) is 39.7 Å². The number of carbonyl (C=O) groups excluding carboxylic acids is 1. The van der Waals surface area contributed by atoms with Crippen LogP contribution in [0, 0.1) is 6.92 Å². The number of thioether (sulfide) groups is 1. The molecule has 110 valence electrons. The largest absolute Gasteiger partial charge is 0.325 e. The first-order valence-electron chi connectivity index (χ1n) is 6.43. The second-order valence-corrected chi connectivity index (χ2v) is 6.96. The van der Waals surface area contributed by atoms with Crippen molar-refractivity contribution in [2.75, 3.05) is 11.1 Å². The molecule has 2 nitrogen and oxygen atoms in total. The lowest BCUT2D eigenvalue weighted by Gasteiger charge is -2.08. The number of benzene rings is 2. The highest BCUT2D eigenvalue weighted by Crippen LogP contribution is 2.20. The van der Waals surface area contributed by atoms with E-state index in [4.69, 9.17) is 11.6 Å². The van der Waals surface area contributed by atoms with Crippen molar-refractivity contribution in [1.82, 2.24) is 0 Å². The van der Waals surface area contributed by atoms with E-state index in [1.165, 1.54) is 5.56 Å². The van der Waals surface area contributed by atoms with E-state index in [1.807, 2.05) is 31.2 Å². The van der Waals surface area contributed by atoms with E-state index in [0.29, 0.717) is 10.8 Å². The highest BCUT2D eigenvalue weighted by molar-refractivity contribution is 9.10. The predicted octanol–water partition coefficient (Wildman–Crippen LogP) is 5.28. The van der Waals surface area contributed by atoms with Gasteiger partial charge in [-0.25, -0.2) is 0 Å². The fourth-order valence-electron chi connectivity index (χ4n) is 1.80. The minimum atomic E-state index is 0.00235. The van der Waals surface area contributed by atoms with Crippen molar-refractivity contribution in [2.45, 2.75) is 12.7 Å². The first-order valence-corrected chi connectivity index (χ1v) is 8.75. The maximum absolute atomic E-state index is 11.9. The Morgan fingerprint density at radius 2 is 1.95 bits per heavy atom. The number of nitrogens with one attached hydrogen (secondary N) is 1. The third-order valence-electron chi connectivity index (χ3n) is 2.88. The molecule has 0 heterocycles. The van der Waals surface area contributed by atoms with Gasteiger partial charge in [0, 0.05) is 20.9 Å². The van der Waals surface area contributed by atoms with Crippen molar-refractivity contribution in [1.29, 1.82) is 0 Å². The molecular formula is C16H15BrClNOS. The van der Waals surface area contributed by atoms with Crippen LogP contribution in [0.3, 0.4) is 0 Å². The number of hydrogen-bond donors (Lipinski definition) is 1. The van der Waals surface area contributed by atoms with Gasteiger partial charge in [-0.05, 0) is 48.4 Å². The number of halogens is 2. The minimum absolute atomic E-state index is 0.00235. The van der Waals surface area contributed by atoms with Crippen molar-refractivity contribution < 1.29 is 4.79 Å². The van der Waals surface area contributed by atoms with Gasteiger partial charge in [0.05, 0.1) is 5.75 Å². The lowest BCUT2D eigenvalue weighted by molar-refractivity contribution is -0.113. The molecule has 0 aliphatic heterocycles. The summed E-state index contributed by atoms with van der Waals surface area (Å²) in [5, 5.41) is 3.58. The fourth-order valence-corrected chi connectivity index (χ4v) is 3.07. The zero-order chi connectivity index (χ0) is 15.2. The predicted molar refractivity (Wildman–Crippen MR) is 95.1 cm³/mol. The quantitative estimate of drug-likeness (QED) is 0.759. The van der Waals surface area contributed by atoms with Crippen LogP contribution in [0.4, 0.5) is 5.69 Å². The zero-order valence-corrected chi connectivity index (χ0v) is 14.7. The van der Waals surface area contributed by atoms with Crippen LogP contribution >= 0.6 is 39.3 Å². The van der Waals surface area contributed by atoms with Gasteiger partial charge < -0.3 is 5.32 Å². The Bertz CT molecular complexity index is 631. The summed E-state index contributed by atoms with van der Waals surface area (Å²) in [5.41, 5.74) is 2.99. The summed E-state index contributed by atoms with van der Waals surface area (Å²) in [4.78, 5) is 11.9. The van der Waals surface area contributed by atoms with Crippen molar-refractivity contribution in [3.05, 3.63) is 63.1 Å². The second-order valence-electron chi connectivity index (χ2n) is 4.63. The first kappa shape index (κ1) is 16.4. The van der Waals surface area contributed by atoms with Crippen LogP contribution in [0.1, 0.15) is 11.1 Å². The molecule has 0 saturated carbocycles. The van der Waals surface area contributed by atoms with E-state index in [-0.39, 0.29) is 5.91 Å². The Labute approximate surface area is 142 Å². The molecule has 1 amide bonds. The van der Waals surface area contributed by atoms with Crippen molar-refractivity contribution in [3.63, 3.8) is 0 Å². The number of aryl methyl sites for hydroxylation is 1. The topological polar surface area (TPSA) is 29.1 Å². The summed E-state index contributed by atoms with van der Waals surface area (Å²) >= 11 is 10.9. The summed E-state index contributed by atoms with van der Waals surface area (Å²) in [6.45, 7) is 1.93. The van der Waals surface area contributed by atoms with E-state index < -0.39 is 0 Å². The maximum atomic E-state index is 11.9. The van der Waals surface area contributed by atoms with Crippen LogP contribution in [0.5, 0.6) is 0 Å². The van der Waals surface area contributed by atoms with Gasteiger partial charge >= 0.3 is 0 Å². The molecule has 2 rings (SSSR count). The van der Waals surface area contributed by atoms with E-state index >= 15 is 0 Å². The summed E-state index contributed by atoms with van der Waals surface area (Å²) in [6, 6.07) is 13.6. The average Bonchev–Trinajstić information content (AvgIpc) is 2.44. The van der Waals surface area contributed by atoms with Gasteiger partial charge in [-0.3, -0.25) is 4.79 Å². The fraction of sp³-hybridized carbons (Fsp3) is 0.188. The third-order valence-corrected chi connectivity index (χ3v) is 4.65. The van der Waals surface area contributed by atoms with Crippen molar-refractivity contribution in [2.24, 2.45) is 0 Å².